The molecule has 4 aromatic rings. The molecule has 1 aromatic carbocycles. The van der Waals surface area contributed by atoms with E-state index in [0.29, 0.717) is 5.65 Å². The minimum absolute atomic E-state index is 0.678. The smallest absolute Gasteiger partial charge is 0.178 e. The van der Waals surface area contributed by atoms with Crippen LogP contribution in [0.15, 0.2) is 61.1 Å². The minimum Gasteiger partial charge on any atom is -0.399 e. The number of benzene rings is 1. The number of aromatic amines is 1. The van der Waals surface area contributed by atoms with E-state index in [0.717, 1.165) is 34.0 Å². The Kier molecular flexibility index (Phi) is 4.89. The van der Waals surface area contributed by atoms with Crippen LogP contribution in [0, 0.1) is 0 Å². The maximum Gasteiger partial charge on any atom is 0.178 e. The quantitative estimate of drug-likeness (QED) is 0.484. The van der Waals surface area contributed by atoms with Gasteiger partial charge in [0, 0.05) is 29.3 Å². The molecular formula is C19H20N6. The van der Waals surface area contributed by atoms with Gasteiger partial charge in [0.2, 0.25) is 0 Å². The van der Waals surface area contributed by atoms with Crippen molar-refractivity contribution in [1.82, 2.24) is 19.9 Å². The molecule has 0 aliphatic heterocycles. The number of nitrogens with two attached hydrogens (primary N) is 1. The number of rotatable bonds is 3. The van der Waals surface area contributed by atoms with Gasteiger partial charge in [-0.3, -0.25) is 4.98 Å². The first-order chi connectivity index (χ1) is 12.3. The van der Waals surface area contributed by atoms with Gasteiger partial charge in [-0.1, -0.05) is 13.8 Å². The second kappa shape index (κ2) is 7.44. The number of nitrogens with zero attached hydrogens (tertiary/aromatic N) is 3. The van der Waals surface area contributed by atoms with Gasteiger partial charge in [-0.05, 0) is 42.5 Å². The Hall–Kier alpha value is -3.41. The summed E-state index contributed by atoms with van der Waals surface area (Å²) in [6.07, 6.45) is 5.24. The maximum absolute atomic E-state index is 5.72. The van der Waals surface area contributed by atoms with E-state index in [9.17, 15) is 0 Å². The van der Waals surface area contributed by atoms with Crippen molar-refractivity contribution < 1.29 is 0 Å². The number of hydrogen-bond acceptors (Lipinski definition) is 5. The van der Waals surface area contributed by atoms with Gasteiger partial charge in [-0.25, -0.2) is 9.97 Å². The van der Waals surface area contributed by atoms with Gasteiger partial charge in [0.1, 0.15) is 5.82 Å². The average Bonchev–Trinajstić information content (AvgIpc) is 3.08. The zero-order chi connectivity index (χ0) is 17.6. The van der Waals surface area contributed by atoms with E-state index in [1.807, 2.05) is 56.3 Å². The van der Waals surface area contributed by atoms with Gasteiger partial charge in [0.25, 0.3) is 0 Å². The van der Waals surface area contributed by atoms with Gasteiger partial charge in [0.15, 0.2) is 5.65 Å². The number of imidazole rings is 1. The molecule has 4 N–H and O–H groups in total. The summed E-state index contributed by atoms with van der Waals surface area (Å²) >= 11 is 0. The molecule has 4 rings (SSSR count). The van der Waals surface area contributed by atoms with Crippen molar-refractivity contribution >= 4 is 28.2 Å². The van der Waals surface area contributed by atoms with Crippen molar-refractivity contribution in [2.75, 3.05) is 11.1 Å². The van der Waals surface area contributed by atoms with Crippen LogP contribution in [0.5, 0.6) is 0 Å². The molecule has 0 saturated heterocycles. The molecule has 0 amide bonds. The molecule has 126 valence electrons. The van der Waals surface area contributed by atoms with Crippen molar-refractivity contribution in [2.45, 2.75) is 13.8 Å². The zero-order valence-corrected chi connectivity index (χ0v) is 14.2. The zero-order valence-electron chi connectivity index (χ0n) is 14.2. The fraction of sp³-hybridized carbons (Fsp3) is 0.105. The molecule has 3 heterocycles. The van der Waals surface area contributed by atoms with Gasteiger partial charge in [0.05, 0.1) is 17.4 Å². The van der Waals surface area contributed by atoms with Crippen LogP contribution in [-0.4, -0.2) is 19.9 Å². The Bertz CT molecular complexity index is 945. The van der Waals surface area contributed by atoms with Crippen molar-refractivity contribution in [1.29, 1.82) is 0 Å². The monoisotopic (exact) mass is 332 g/mol. The first kappa shape index (κ1) is 16.4. The lowest BCUT2D eigenvalue weighted by Gasteiger charge is -2.04. The van der Waals surface area contributed by atoms with Gasteiger partial charge in [-0.2, -0.15) is 0 Å². The standard InChI is InChI=1S/C17H14N6.C2H6/c18-12-3-1-11(2-4-12)16-22-15-9-14(10-20-17(15)23-16)21-13-5-7-19-8-6-13;1-2/h1-10H,18H2,(H,19,21)(H,20,22,23);1-2H3. The Morgan fingerprint density at radius 2 is 1.68 bits per heavy atom. The SMILES string of the molecule is CC.Nc1ccc(-c2nc3ncc(Nc4ccncc4)cc3[nH]2)cc1. The summed E-state index contributed by atoms with van der Waals surface area (Å²) in [6, 6.07) is 13.4. The predicted octanol–water partition coefficient (Wildman–Crippen LogP) is 4.37. The molecule has 0 radical (unpaired) electrons. The summed E-state index contributed by atoms with van der Waals surface area (Å²) in [5, 5.41) is 3.29. The van der Waals surface area contributed by atoms with E-state index in [1.165, 1.54) is 0 Å². The lowest BCUT2D eigenvalue weighted by molar-refractivity contribution is 1.30. The molecule has 6 heteroatoms. The summed E-state index contributed by atoms with van der Waals surface area (Å²) in [5.74, 6) is 0.772. The molecule has 0 saturated carbocycles. The number of nitrogen functional groups attached to an aromatic ring is 1. The van der Waals surface area contributed by atoms with Gasteiger partial charge < -0.3 is 16.0 Å². The molecular weight excluding hydrogens is 312 g/mol. The van der Waals surface area contributed by atoms with Crippen LogP contribution < -0.4 is 11.1 Å². The van der Waals surface area contributed by atoms with Crippen LogP contribution in [0.2, 0.25) is 0 Å². The number of nitrogens with one attached hydrogen (secondary N) is 2. The number of pyridine rings is 2. The minimum atomic E-state index is 0.678. The topological polar surface area (TPSA) is 92.5 Å². The first-order valence-corrected chi connectivity index (χ1v) is 8.17. The second-order valence-electron chi connectivity index (χ2n) is 5.16. The number of H-pyrrole nitrogens is 1. The molecule has 0 atom stereocenters. The summed E-state index contributed by atoms with van der Waals surface area (Å²) in [5.41, 5.74) is 10.8. The van der Waals surface area contributed by atoms with Gasteiger partial charge >= 0.3 is 0 Å². The van der Waals surface area contributed by atoms with Crippen molar-refractivity contribution in [2.24, 2.45) is 0 Å². The number of fused-ring (bicyclic) bond motifs is 1. The highest BCUT2D eigenvalue weighted by molar-refractivity contribution is 5.80. The predicted molar refractivity (Wildman–Crippen MR) is 103 cm³/mol. The molecule has 0 fully saturated rings. The molecule has 0 aliphatic rings. The molecule has 25 heavy (non-hydrogen) atoms. The Morgan fingerprint density at radius 3 is 2.40 bits per heavy atom. The number of aromatic nitrogens is 4. The summed E-state index contributed by atoms with van der Waals surface area (Å²) in [6.45, 7) is 4.00. The fourth-order valence-electron chi connectivity index (χ4n) is 2.35. The number of anilines is 3. The van der Waals surface area contributed by atoms with E-state index < -0.39 is 0 Å². The number of hydrogen-bond donors (Lipinski definition) is 3. The Labute approximate surface area is 146 Å². The maximum atomic E-state index is 5.72. The van der Waals surface area contributed by atoms with Crippen molar-refractivity contribution in [3.63, 3.8) is 0 Å². The van der Waals surface area contributed by atoms with E-state index in [-0.39, 0.29) is 0 Å². The highest BCUT2D eigenvalue weighted by atomic mass is 15.0. The Balaban J connectivity index is 0.000000880. The van der Waals surface area contributed by atoms with E-state index in [4.69, 9.17) is 5.73 Å². The highest BCUT2D eigenvalue weighted by Gasteiger charge is 2.07. The summed E-state index contributed by atoms with van der Waals surface area (Å²) in [7, 11) is 0. The van der Waals surface area contributed by atoms with Gasteiger partial charge in [-0.15, -0.1) is 0 Å². The lowest BCUT2D eigenvalue weighted by Crippen LogP contribution is -1.91. The molecule has 3 aromatic heterocycles. The van der Waals surface area contributed by atoms with Crippen LogP contribution in [0.25, 0.3) is 22.6 Å². The van der Waals surface area contributed by atoms with Crippen molar-refractivity contribution in [3.05, 3.63) is 61.1 Å². The molecule has 0 spiro atoms. The van der Waals surface area contributed by atoms with E-state index in [1.54, 1.807) is 18.6 Å². The third kappa shape index (κ3) is 3.74. The third-order valence-electron chi connectivity index (χ3n) is 3.49. The van der Waals surface area contributed by atoms with Crippen LogP contribution in [-0.2, 0) is 0 Å². The molecule has 6 nitrogen and oxygen atoms in total. The third-order valence-corrected chi connectivity index (χ3v) is 3.49. The first-order valence-electron chi connectivity index (χ1n) is 8.17. The highest BCUT2D eigenvalue weighted by Crippen LogP contribution is 2.23. The summed E-state index contributed by atoms with van der Waals surface area (Å²) < 4.78 is 0. The van der Waals surface area contributed by atoms with Crippen LogP contribution in [0.3, 0.4) is 0 Å². The molecule has 0 unspecified atom stereocenters. The van der Waals surface area contributed by atoms with Crippen LogP contribution >= 0.6 is 0 Å². The summed E-state index contributed by atoms with van der Waals surface area (Å²) in [4.78, 5) is 16.2. The van der Waals surface area contributed by atoms with E-state index in [2.05, 4.69) is 25.3 Å². The molecule has 0 aliphatic carbocycles. The normalized spacial score (nSPS) is 10.2. The Morgan fingerprint density at radius 1 is 0.960 bits per heavy atom. The van der Waals surface area contributed by atoms with Crippen LogP contribution in [0.4, 0.5) is 17.1 Å². The van der Waals surface area contributed by atoms with Crippen LogP contribution in [0.1, 0.15) is 13.8 Å². The average molecular weight is 332 g/mol. The fourth-order valence-corrected chi connectivity index (χ4v) is 2.35. The second-order valence-corrected chi connectivity index (χ2v) is 5.16. The van der Waals surface area contributed by atoms with E-state index >= 15 is 0 Å². The largest absolute Gasteiger partial charge is 0.399 e. The lowest BCUT2D eigenvalue weighted by atomic mass is 10.2. The van der Waals surface area contributed by atoms with Crippen molar-refractivity contribution in [3.8, 4) is 11.4 Å². The molecule has 0 bridgehead atoms.